The molecule has 0 aliphatic heterocycles. The van der Waals surface area contributed by atoms with Crippen molar-refractivity contribution in [1.29, 1.82) is 0 Å². The molecule has 0 bridgehead atoms. The molecule has 0 atom stereocenters. The molecule has 0 aliphatic carbocycles. The van der Waals surface area contributed by atoms with Crippen molar-refractivity contribution in [2.75, 3.05) is 12.4 Å². The summed E-state index contributed by atoms with van der Waals surface area (Å²) in [5, 5.41) is 12.0. The molecule has 2 rings (SSSR count). The fraction of sp³-hybridized carbons (Fsp3) is 0.167. The van der Waals surface area contributed by atoms with E-state index in [0.29, 0.717) is 17.9 Å². The largest absolute Gasteiger partial charge is 0.489 e. The van der Waals surface area contributed by atoms with Crippen molar-refractivity contribution in [2.45, 2.75) is 13.0 Å². The Bertz CT molecular complexity index is 665. The Morgan fingerprint density at radius 1 is 1.23 bits per heavy atom. The molecule has 2 N–H and O–H groups in total. The number of carboxylic acid groups (broad SMARTS) is 1. The Morgan fingerprint density at radius 3 is 2.59 bits per heavy atom. The monoisotopic (exact) mass is 297 g/mol. The lowest BCUT2D eigenvalue weighted by Gasteiger charge is -2.13. The molecule has 0 aromatic heterocycles. The maximum Gasteiger partial charge on any atom is 0.307 e. The number of aliphatic carboxylic acids is 1. The van der Waals surface area contributed by atoms with E-state index in [0.717, 1.165) is 16.8 Å². The van der Waals surface area contributed by atoms with Gasteiger partial charge in [0.05, 0.1) is 6.42 Å². The molecule has 0 aliphatic rings. The molecule has 0 unspecified atom stereocenters. The summed E-state index contributed by atoms with van der Waals surface area (Å²) in [6, 6.07) is 15.4. The van der Waals surface area contributed by atoms with Gasteiger partial charge in [-0.3, -0.25) is 4.79 Å². The van der Waals surface area contributed by atoms with E-state index < -0.39 is 5.97 Å². The number of carbonyl (C=O) groups is 1. The van der Waals surface area contributed by atoms with Gasteiger partial charge in [-0.15, -0.1) is 0 Å². The lowest BCUT2D eigenvalue weighted by molar-refractivity contribution is -0.135. The molecule has 2 aromatic rings. The minimum absolute atomic E-state index is 0.100. The van der Waals surface area contributed by atoms with Gasteiger partial charge in [0.15, 0.2) is 0 Å². The second kappa shape index (κ2) is 7.31. The van der Waals surface area contributed by atoms with Crippen molar-refractivity contribution in [1.82, 2.24) is 0 Å². The summed E-state index contributed by atoms with van der Waals surface area (Å²) in [5.41, 5.74) is 3.21. The van der Waals surface area contributed by atoms with Crippen LogP contribution in [-0.2, 0) is 11.4 Å². The Labute approximate surface area is 130 Å². The van der Waals surface area contributed by atoms with Gasteiger partial charge in [-0.2, -0.15) is 0 Å². The van der Waals surface area contributed by atoms with Crippen molar-refractivity contribution < 1.29 is 14.6 Å². The standard InChI is InChI=1S/C18H19NO3/c1-13(10-18(20)21)16-11-15(8-9-17(16)19-2)22-12-14-6-4-3-5-7-14/h3-9,11,19H,1,10,12H2,2H3,(H,20,21). The molecule has 0 fully saturated rings. The highest BCUT2D eigenvalue weighted by atomic mass is 16.5. The highest BCUT2D eigenvalue weighted by Gasteiger charge is 2.10. The molecule has 4 heteroatoms. The van der Waals surface area contributed by atoms with Gasteiger partial charge in [0.1, 0.15) is 12.4 Å². The van der Waals surface area contributed by atoms with Crippen LogP contribution in [0.3, 0.4) is 0 Å². The van der Waals surface area contributed by atoms with E-state index in [-0.39, 0.29) is 6.42 Å². The average Bonchev–Trinajstić information content (AvgIpc) is 2.53. The molecule has 2 aromatic carbocycles. The maximum atomic E-state index is 10.9. The summed E-state index contributed by atoms with van der Waals surface area (Å²) in [7, 11) is 1.79. The zero-order chi connectivity index (χ0) is 15.9. The molecule has 0 spiro atoms. The van der Waals surface area contributed by atoms with Gasteiger partial charge in [-0.1, -0.05) is 36.9 Å². The summed E-state index contributed by atoms with van der Waals surface area (Å²) in [5.74, 6) is -0.216. The van der Waals surface area contributed by atoms with Crippen LogP contribution in [0.15, 0.2) is 55.1 Å². The first-order valence-electron chi connectivity index (χ1n) is 6.98. The normalized spacial score (nSPS) is 10.0. The Morgan fingerprint density at radius 2 is 1.95 bits per heavy atom. The molecule has 0 amide bonds. The van der Waals surface area contributed by atoms with Crippen molar-refractivity contribution in [3.8, 4) is 5.75 Å². The third kappa shape index (κ3) is 4.12. The zero-order valence-electron chi connectivity index (χ0n) is 12.5. The van der Waals surface area contributed by atoms with Crippen molar-refractivity contribution >= 4 is 17.2 Å². The van der Waals surface area contributed by atoms with E-state index in [9.17, 15) is 4.79 Å². The smallest absolute Gasteiger partial charge is 0.307 e. The third-order valence-electron chi connectivity index (χ3n) is 3.25. The van der Waals surface area contributed by atoms with Gasteiger partial charge < -0.3 is 15.2 Å². The molecule has 0 saturated carbocycles. The lowest BCUT2D eigenvalue weighted by atomic mass is 10.0. The lowest BCUT2D eigenvalue weighted by Crippen LogP contribution is -2.01. The van der Waals surface area contributed by atoms with E-state index in [1.165, 1.54) is 0 Å². The van der Waals surface area contributed by atoms with E-state index >= 15 is 0 Å². The van der Waals surface area contributed by atoms with Crippen LogP contribution >= 0.6 is 0 Å². The fourth-order valence-electron chi connectivity index (χ4n) is 2.14. The molecule has 0 saturated heterocycles. The van der Waals surface area contributed by atoms with Gasteiger partial charge in [-0.25, -0.2) is 0 Å². The van der Waals surface area contributed by atoms with Gasteiger partial charge in [-0.05, 0) is 29.3 Å². The fourth-order valence-corrected chi connectivity index (χ4v) is 2.14. The Hall–Kier alpha value is -2.75. The predicted molar refractivity (Wildman–Crippen MR) is 88.0 cm³/mol. The number of ether oxygens (including phenoxy) is 1. The summed E-state index contributed by atoms with van der Waals surface area (Å²) in [6.45, 7) is 4.32. The van der Waals surface area contributed by atoms with Crippen LogP contribution in [0.1, 0.15) is 17.5 Å². The average molecular weight is 297 g/mol. The second-order valence-electron chi connectivity index (χ2n) is 4.91. The number of rotatable bonds is 7. The van der Waals surface area contributed by atoms with Gasteiger partial charge in [0.2, 0.25) is 0 Å². The van der Waals surface area contributed by atoms with E-state index in [2.05, 4.69) is 11.9 Å². The molecule has 22 heavy (non-hydrogen) atoms. The van der Waals surface area contributed by atoms with Gasteiger partial charge >= 0.3 is 5.97 Å². The number of carboxylic acids is 1. The highest BCUT2D eigenvalue weighted by Crippen LogP contribution is 2.29. The predicted octanol–water partition coefficient (Wildman–Crippen LogP) is 3.80. The van der Waals surface area contributed by atoms with Crippen LogP contribution in [0.4, 0.5) is 5.69 Å². The summed E-state index contributed by atoms with van der Waals surface area (Å²) in [6.07, 6.45) is -0.100. The summed E-state index contributed by atoms with van der Waals surface area (Å²) < 4.78 is 5.77. The molecule has 0 radical (unpaired) electrons. The highest BCUT2D eigenvalue weighted by molar-refractivity contribution is 5.87. The van der Waals surface area contributed by atoms with E-state index in [4.69, 9.17) is 9.84 Å². The van der Waals surface area contributed by atoms with Crippen LogP contribution in [0, 0.1) is 0 Å². The van der Waals surface area contributed by atoms with Crippen LogP contribution in [0.2, 0.25) is 0 Å². The Kier molecular flexibility index (Phi) is 5.20. The quantitative estimate of drug-likeness (QED) is 0.816. The SMILES string of the molecule is C=C(CC(=O)O)c1cc(OCc2ccccc2)ccc1NC. The van der Waals surface area contributed by atoms with Gasteiger partial charge in [0.25, 0.3) is 0 Å². The van der Waals surface area contributed by atoms with E-state index in [1.807, 2.05) is 48.5 Å². The van der Waals surface area contributed by atoms with Crippen LogP contribution in [0.25, 0.3) is 5.57 Å². The summed E-state index contributed by atoms with van der Waals surface area (Å²) >= 11 is 0. The minimum atomic E-state index is -0.900. The molecular formula is C18H19NO3. The van der Waals surface area contributed by atoms with Crippen molar-refractivity contribution in [2.24, 2.45) is 0 Å². The molecule has 0 heterocycles. The molecular weight excluding hydrogens is 278 g/mol. The Balaban J connectivity index is 2.16. The molecule has 4 nitrogen and oxygen atoms in total. The maximum absolute atomic E-state index is 10.9. The number of benzene rings is 2. The topological polar surface area (TPSA) is 58.6 Å². The summed E-state index contributed by atoms with van der Waals surface area (Å²) in [4.78, 5) is 10.9. The molecule has 114 valence electrons. The van der Waals surface area contributed by atoms with Crippen molar-refractivity contribution in [3.63, 3.8) is 0 Å². The third-order valence-corrected chi connectivity index (χ3v) is 3.25. The first kappa shape index (κ1) is 15.6. The van der Waals surface area contributed by atoms with Crippen molar-refractivity contribution in [3.05, 3.63) is 66.2 Å². The number of hydrogen-bond donors (Lipinski definition) is 2. The zero-order valence-corrected chi connectivity index (χ0v) is 12.5. The number of nitrogens with one attached hydrogen (secondary N) is 1. The minimum Gasteiger partial charge on any atom is -0.489 e. The van der Waals surface area contributed by atoms with Crippen LogP contribution in [-0.4, -0.2) is 18.1 Å². The first-order valence-corrected chi connectivity index (χ1v) is 6.98. The van der Waals surface area contributed by atoms with E-state index in [1.54, 1.807) is 7.05 Å². The second-order valence-corrected chi connectivity index (χ2v) is 4.91. The van der Waals surface area contributed by atoms with Gasteiger partial charge in [0, 0.05) is 18.3 Å². The number of hydrogen-bond acceptors (Lipinski definition) is 3. The van der Waals surface area contributed by atoms with Crippen LogP contribution < -0.4 is 10.1 Å². The first-order chi connectivity index (χ1) is 10.6. The van der Waals surface area contributed by atoms with Crippen LogP contribution in [0.5, 0.6) is 5.75 Å². The number of anilines is 1.